The van der Waals surface area contributed by atoms with E-state index in [0.717, 1.165) is 39.1 Å². The normalized spacial score (nSPS) is 12.6. The van der Waals surface area contributed by atoms with E-state index in [0.29, 0.717) is 12.5 Å². The number of aromatic nitrogens is 1. The monoisotopic (exact) mass is 496 g/mol. The van der Waals surface area contributed by atoms with Gasteiger partial charge in [-0.25, -0.2) is 4.98 Å². The molecule has 0 radical (unpaired) electrons. The SMILES string of the molecule is C/C=C/C=C(O)c1sc(C(C)(C)C)cc1Nc1nc(-c2cccc(OCC)c2)c(CC(C)C)s1. The molecule has 0 spiro atoms. The Morgan fingerprint density at radius 3 is 2.62 bits per heavy atom. The van der Waals surface area contributed by atoms with Gasteiger partial charge < -0.3 is 15.2 Å². The van der Waals surface area contributed by atoms with Crippen LogP contribution in [0.2, 0.25) is 0 Å². The van der Waals surface area contributed by atoms with Crippen LogP contribution in [-0.2, 0) is 11.8 Å². The van der Waals surface area contributed by atoms with Crippen molar-refractivity contribution in [2.75, 3.05) is 11.9 Å². The summed E-state index contributed by atoms with van der Waals surface area (Å²) in [5.41, 5.74) is 2.91. The fraction of sp³-hybridized carbons (Fsp3) is 0.393. The second-order valence-corrected chi connectivity index (χ2v) is 11.8. The number of hydrogen-bond acceptors (Lipinski definition) is 6. The molecule has 182 valence electrons. The summed E-state index contributed by atoms with van der Waals surface area (Å²) >= 11 is 3.29. The fourth-order valence-corrected chi connectivity index (χ4v) is 5.77. The predicted molar refractivity (Wildman–Crippen MR) is 149 cm³/mol. The molecular weight excluding hydrogens is 460 g/mol. The van der Waals surface area contributed by atoms with Crippen LogP contribution in [0.3, 0.4) is 0 Å². The zero-order valence-electron chi connectivity index (χ0n) is 21.2. The number of nitrogens with zero attached hydrogens (tertiary/aromatic N) is 1. The molecule has 3 rings (SSSR count). The van der Waals surface area contributed by atoms with E-state index in [1.807, 2.05) is 38.1 Å². The van der Waals surface area contributed by atoms with Gasteiger partial charge >= 0.3 is 0 Å². The van der Waals surface area contributed by atoms with Gasteiger partial charge in [0.25, 0.3) is 0 Å². The molecule has 2 N–H and O–H groups in total. The van der Waals surface area contributed by atoms with Crippen LogP contribution in [0, 0.1) is 5.92 Å². The second kappa shape index (κ2) is 11.2. The van der Waals surface area contributed by atoms with E-state index in [9.17, 15) is 5.11 Å². The highest BCUT2D eigenvalue weighted by Gasteiger charge is 2.23. The van der Waals surface area contributed by atoms with E-state index >= 15 is 0 Å². The van der Waals surface area contributed by atoms with E-state index in [2.05, 4.69) is 58.1 Å². The first-order chi connectivity index (χ1) is 16.1. The summed E-state index contributed by atoms with van der Waals surface area (Å²) in [5.74, 6) is 1.62. The van der Waals surface area contributed by atoms with Crippen molar-refractivity contribution < 1.29 is 9.84 Å². The molecule has 34 heavy (non-hydrogen) atoms. The Balaban J connectivity index is 2.04. The summed E-state index contributed by atoms with van der Waals surface area (Å²) in [6.07, 6.45) is 6.44. The van der Waals surface area contributed by atoms with Crippen molar-refractivity contribution in [1.82, 2.24) is 4.98 Å². The van der Waals surface area contributed by atoms with Gasteiger partial charge in [0.05, 0.1) is 22.9 Å². The number of benzene rings is 1. The molecule has 0 amide bonds. The average molecular weight is 497 g/mol. The highest BCUT2D eigenvalue weighted by atomic mass is 32.1. The molecule has 0 bridgehead atoms. The lowest BCUT2D eigenvalue weighted by Crippen LogP contribution is -2.07. The molecule has 0 aliphatic carbocycles. The van der Waals surface area contributed by atoms with Crippen molar-refractivity contribution in [2.24, 2.45) is 5.92 Å². The number of allylic oxidation sites excluding steroid dienone is 3. The lowest BCUT2D eigenvalue weighted by Gasteiger charge is -2.15. The van der Waals surface area contributed by atoms with Gasteiger partial charge in [-0.3, -0.25) is 0 Å². The smallest absolute Gasteiger partial charge is 0.188 e. The van der Waals surface area contributed by atoms with Gasteiger partial charge in [0, 0.05) is 15.3 Å². The number of nitrogens with one attached hydrogen (secondary N) is 1. The van der Waals surface area contributed by atoms with Gasteiger partial charge in [-0.2, -0.15) is 0 Å². The van der Waals surface area contributed by atoms with Gasteiger partial charge in [-0.1, -0.05) is 58.9 Å². The van der Waals surface area contributed by atoms with E-state index in [4.69, 9.17) is 9.72 Å². The van der Waals surface area contributed by atoms with Crippen molar-refractivity contribution >= 4 is 39.3 Å². The Bertz CT molecular complexity index is 1160. The van der Waals surface area contributed by atoms with Crippen LogP contribution in [0.4, 0.5) is 10.8 Å². The van der Waals surface area contributed by atoms with Crippen molar-refractivity contribution in [3.05, 3.63) is 63.2 Å². The van der Waals surface area contributed by atoms with Crippen molar-refractivity contribution in [2.45, 2.75) is 60.3 Å². The van der Waals surface area contributed by atoms with Crippen LogP contribution >= 0.6 is 22.7 Å². The van der Waals surface area contributed by atoms with Crippen molar-refractivity contribution in [3.8, 4) is 17.0 Å². The lowest BCUT2D eigenvalue weighted by molar-refractivity contribution is 0.340. The van der Waals surface area contributed by atoms with E-state index < -0.39 is 0 Å². The van der Waals surface area contributed by atoms with Crippen molar-refractivity contribution in [3.63, 3.8) is 0 Å². The molecule has 0 aliphatic heterocycles. The molecule has 0 unspecified atom stereocenters. The Kier molecular flexibility index (Phi) is 8.61. The Hall–Kier alpha value is -2.57. The first kappa shape index (κ1) is 26.0. The molecule has 2 heterocycles. The first-order valence-corrected chi connectivity index (χ1v) is 13.4. The minimum Gasteiger partial charge on any atom is -0.506 e. The molecule has 2 aromatic heterocycles. The molecule has 0 saturated carbocycles. The van der Waals surface area contributed by atoms with E-state index in [1.54, 1.807) is 28.7 Å². The second-order valence-electron chi connectivity index (χ2n) is 9.66. The first-order valence-electron chi connectivity index (χ1n) is 11.8. The van der Waals surface area contributed by atoms with Gasteiger partial charge in [-0.15, -0.1) is 22.7 Å². The van der Waals surface area contributed by atoms with E-state index in [1.165, 1.54) is 9.75 Å². The van der Waals surface area contributed by atoms with Crippen LogP contribution in [0.15, 0.2) is 48.6 Å². The zero-order chi connectivity index (χ0) is 24.9. The number of rotatable bonds is 9. The third-order valence-electron chi connectivity index (χ3n) is 5.10. The summed E-state index contributed by atoms with van der Waals surface area (Å²) in [6.45, 7) is 15.6. The molecule has 3 aromatic rings. The maximum Gasteiger partial charge on any atom is 0.188 e. The maximum absolute atomic E-state index is 10.8. The summed E-state index contributed by atoms with van der Waals surface area (Å²) in [4.78, 5) is 8.27. The van der Waals surface area contributed by atoms with Gasteiger partial charge in [0.15, 0.2) is 5.13 Å². The summed E-state index contributed by atoms with van der Waals surface area (Å²) in [7, 11) is 0. The number of ether oxygens (including phenoxy) is 1. The molecule has 6 heteroatoms. The highest BCUT2D eigenvalue weighted by Crippen LogP contribution is 2.42. The Labute approximate surface area is 212 Å². The van der Waals surface area contributed by atoms with Crippen molar-refractivity contribution in [1.29, 1.82) is 0 Å². The Morgan fingerprint density at radius 1 is 1.21 bits per heavy atom. The quantitative estimate of drug-likeness (QED) is 0.229. The molecule has 0 atom stereocenters. The number of thiophene rings is 1. The molecule has 0 fully saturated rings. The molecular formula is C28H36N2O2S2. The third-order valence-corrected chi connectivity index (χ3v) is 7.68. The van der Waals surface area contributed by atoms with Crippen LogP contribution in [0.5, 0.6) is 5.75 Å². The van der Waals surface area contributed by atoms with Crippen LogP contribution in [-0.4, -0.2) is 16.7 Å². The minimum absolute atomic E-state index is 0.0171. The van der Waals surface area contributed by atoms with Crippen LogP contribution in [0.1, 0.15) is 63.1 Å². The number of anilines is 2. The van der Waals surface area contributed by atoms with Gasteiger partial charge in [0.1, 0.15) is 11.5 Å². The molecule has 4 nitrogen and oxygen atoms in total. The summed E-state index contributed by atoms with van der Waals surface area (Å²) < 4.78 is 5.72. The number of thiazole rings is 1. The molecule has 0 aliphatic rings. The number of aliphatic hydroxyl groups is 1. The lowest BCUT2D eigenvalue weighted by atomic mass is 9.94. The van der Waals surface area contributed by atoms with Gasteiger partial charge in [0.2, 0.25) is 0 Å². The minimum atomic E-state index is -0.0171. The predicted octanol–water partition coefficient (Wildman–Crippen LogP) is 8.98. The highest BCUT2D eigenvalue weighted by molar-refractivity contribution is 7.16. The maximum atomic E-state index is 10.8. The fourth-order valence-electron chi connectivity index (χ4n) is 3.46. The topological polar surface area (TPSA) is 54.4 Å². The average Bonchev–Trinajstić information content (AvgIpc) is 3.36. The Morgan fingerprint density at radius 2 is 1.97 bits per heavy atom. The van der Waals surface area contributed by atoms with Gasteiger partial charge in [-0.05, 0) is 55.9 Å². The standard InChI is InChI=1S/C28H36N2O2S2/c1-8-10-14-22(31)26-21(17-24(34-26)28(5,6)7)29-27-30-25(23(33-27)15-18(3)4)19-12-11-13-20(16-19)32-9-2/h8,10-14,16-18,31H,9,15H2,1-7H3,(H,29,30)/b10-8+,22-14?. The largest absolute Gasteiger partial charge is 0.506 e. The number of hydrogen-bond donors (Lipinski definition) is 2. The third kappa shape index (κ3) is 6.51. The molecule has 1 aromatic carbocycles. The summed E-state index contributed by atoms with van der Waals surface area (Å²) in [5, 5.41) is 15.1. The number of aliphatic hydroxyl groups excluding tert-OH is 1. The van der Waals surface area contributed by atoms with Crippen LogP contribution < -0.4 is 10.1 Å². The van der Waals surface area contributed by atoms with Crippen LogP contribution in [0.25, 0.3) is 17.0 Å². The molecule has 0 saturated heterocycles. The van der Waals surface area contributed by atoms with E-state index in [-0.39, 0.29) is 11.2 Å². The summed E-state index contributed by atoms with van der Waals surface area (Å²) in [6, 6.07) is 10.3. The zero-order valence-corrected chi connectivity index (χ0v) is 22.9.